The van der Waals surface area contributed by atoms with E-state index >= 15 is 0 Å². The van der Waals surface area contributed by atoms with Gasteiger partial charge in [0.2, 0.25) is 11.8 Å². The average Bonchev–Trinajstić information content (AvgIpc) is 3.16. The standard InChI is InChI=1S/C18H23ClN2O2/c19-15-5-7-16(8-6-15)21-12-14(10-18(21)23)11-20-17(22)9-13-3-1-2-4-13/h5-8,13-14H,1-4,9-12H2,(H,20,22). The predicted molar refractivity (Wildman–Crippen MR) is 91.5 cm³/mol. The molecule has 124 valence electrons. The number of nitrogens with zero attached hydrogens (tertiary/aromatic N) is 1. The first-order valence-electron chi connectivity index (χ1n) is 8.44. The molecule has 0 spiro atoms. The van der Waals surface area contributed by atoms with Gasteiger partial charge in [0.05, 0.1) is 0 Å². The molecule has 1 aromatic rings. The van der Waals surface area contributed by atoms with Gasteiger partial charge in [0.15, 0.2) is 0 Å². The van der Waals surface area contributed by atoms with Gasteiger partial charge in [0, 0.05) is 42.6 Å². The molecule has 3 rings (SSSR count). The zero-order valence-electron chi connectivity index (χ0n) is 13.3. The highest BCUT2D eigenvalue weighted by Crippen LogP contribution is 2.28. The zero-order chi connectivity index (χ0) is 16.2. The van der Waals surface area contributed by atoms with E-state index < -0.39 is 0 Å². The third-order valence-corrected chi connectivity index (χ3v) is 5.13. The van der Waals surface area contributed by atoms with Gasteiger partial charge in [-0.25, -0.2) is 0 Å². The number of hydrogen-bond donors (Lipinski definition) is 1. The molecule has 1 unspecified atom stereocenters. The first kappa shape index (κ1) is 16.3. The summed E-state index contributed by atoms with van der Waals surface area (Å²) in [6.07, 6.45) is 6.00. The second kappa shape index (κ2) is 7.35. The molecule has 1 aromatic carbocycles. The summed E-state index contributed by atoms with van der Waals surface area (Å²) < 4.78 is 0. The topological polar surface area (TPSA) is 49.4 Å². The first-order valence-corrected chi connectivity index (χ1v) is 8.82. The summed E-state index contributed by atoms with van der Waals surface area (Å²) in [5.41, 5.74) is 0.874. The highest BCUT2D eigenvalue weighted by Gasteiger charge is 2.30. The second-order valence-corrected chi connectivity index (χ2v) is 7.15. The summed E-state index contributed by atoms with van der Waals surface area (Å²) >= 11 is 5.89. The molecule has 23 heavy (non-hydrogen) atoms. The van der Waals surface area contributed by atoms with Crippen molar-refractivity contribution in [3.05, 3.63) is 29.3 Å². The SMILES string of the molecule is O=C(CC1CCCC1)NCC1CC(=O)N(c2ccc(Cl)cc2)C1. The number of benzene rings is 1. The van der Waals surface area contributed by atoms with E-state index in [-0.39, 0.29) is 17.7 Å². The molecule has 0 radical (unpaired) electrons. The number of amides is 2. The van der Waals surface area contributed by atoms with Crippen molar-refractivity contribution in [1.82, 2.24) is 5.32 Å². The Balaban J connectivity index is 1.47. The third-order valence-electron chi connectivity index (χ3n) is 4.88. The zero-order valence-corrected chi connectivity index (χ0v) is 14.0. The van der Waals surface area contributed by atoms with Crippen molar-refractivity contribution in [2.45, 2.75) is 38.5 Å². The van der Waals surface area contributed by atoms with Gasteiger partial charge in [0.25, 0.3) is 0 Å². The molecule has 1 N–H and O–H groups in total. The number of anilines is 1. The number of nitrogens with one attached hydrogen (secondary N) is 1. The second-order valence-electron chi connectivity index (χ2n) is 6.71. The Morgan fingerprint density at radius 2 is 1.87 bits per heavy atom. The van der Waals surface area contributed by atoms with Crippen LogP contribution < -0.4 is 10.2 Å². The van der Waals surface area contributed by atoms with Gasteiger partial charge >= 0.3 is 0 Å². The fourth-order valence-electron chi connectivity index (χ4n) is 3.60. The van der Waals surface area contributed by atoms with Crippen LogP contribution in [0.1, 0.15) is 38.5 Å². The molecule has 4 nitrogen and oxygen atoms in total. The van der Waals surface area contributed by atoms with Crippen molar-refractivity contribution < 1.29 is 9.59 Å². The van der Waals surface area contributed by atoms with Gasteiger partial charge in [0.1, 0.15) is 0 Å². The van der Waals surface area contributed by atoms with Crippen LogP contribution in [0.15, 0.2) is 24.3 Å². The fourth-order valence-corrected chi connectivity index (χ4v) is 3.72. The van der Waals surface area contributed by atoms with Crippen molar-refractivity contribution in [2.24, 2.45) is 11.8 Å². The molecule has 1 saturated carbocycles. The first-order chi connectivity index (χ1) is 11.1. The van der Waals surface area contributed by atoms with E-state index in [1.165, 1.54) is 25.7 Å². The van der Waals surface area contributed by atoms with Gasteiger partial charge in [-0.1, -0.05) is 24.4 Å². The van der Waals surface area contributed by atoms with Crippen LogP contribution in [-0.4, -0.2) is 24.9 Å². The van der Waals surface area contributed by atoms with Crippen LogP contribution in [0.4, 0.5) is 5.69 Å². The Morgan fingerprint density at radius 3 is 2.57 bits per heavy atom. The molecular formula is C18H23ClN2O2. The summed E-state index contributed by atoms with van der Waals surface area (Å²) in [5.74, 6) is 0.994. The van der Waals surface area contributed by atoms with Crippen molar-refractivity contribution in [2.75, 3.05) is 18.0 Å². The van der Waals surface area contributed by atoms with Gasteiger partial charge in [-0.05, 0) is 43.0 Å². The van der Waals surface area contributed by atoms with E-state index in [0.29, 0.717) is 36.9 Å². The number of carbonyl (C=O) groups is 2. The van der Waals surface area contributed by atoms with Gasteiger partial charge in [-0.3, -0.25) is 9.59 Å². The number of carbonyl (C=O) groups excluding carboxylic acids is 2. The minimum Gasteiger partial charge on any atom is -0.356 e. The highest BCUT2D eigenvalue weighted by atomic mass is 35.5. The Morgan fingerprint density at radius 1 is 1.17 bits per heavy atom. The maximum absolute atomic E-state index is 12.2. The minimum absolute atomic E-state index is 0.113. The molecule has 0 aromatic heterocycles. The molecule has 1 aliphatic carbocycles. The Labute approximate surface area is 142 Å². The molecular weight excluding hydrogens is 312 g/mol. The van der Waals surface area contributed by atoms with Crippen molar-refractivity contribution >= 4 is 29.1 Å². The van der Waals surface area contributed by atoms with Crippen molar-refractivity contribution in [1.29, 1.82) is 0 Å². The molecule has 1 saturated heterocycles. The number of halogens is 1. The molecule has 2 amide bonds. The number of hydrogen-bond acceptors (Lipinski definition) is 2. The highest BCUT2D eigenvalue weighted by molar-refractivity contribution is 6.30. The summed E-state index contributed by atoms with van der Waals surface area (Å²) in [6.45, 7) is 1.24. The minimum atomic E-state index is 0.113. The van der Waals surface area contributed by atoms with E-state index in [2.05, 4.69) is 5.32 Å². The lowest BCUT2D eigenvalue weighted by molar-refractivity contribution is -0.122. The lowest BCUT2D eigenvalue weighted by atomic mass is 10.0. The molecule has 5 heteroatoms. The molecule has 2 fully saturated rings. The molecule has 1 aliphatic heterocycles. The van der Waals surface area contributed by atoms with E-state index in [9.17, 15) is 9.59 Å². The average molecular weight is 335 g/mol. The maximum atomic E-state index is 12.2. The van der Waals surface area contributed by atoms with Crippen LogP contribution in [0.2, 0.25) is 5.02 Å². The third kappa shape index (κ3) is 4.25. The van der Waals surface area contributed by atoms with E-state index in [4.69, 9.17) is 11.6 Å². The van der Waals surface area contributed by atoms with Crippen LogP contribution in [0.25, 0.3) is 0 Å². The van der Waals surface area contributed by atoms with Crippen LogP contribution in [0.5, 0.6) is 0 Å². The summed E-state index contributed by atoms with van der Waals surface area (Å²) in [5, 5.41) is 3.68. The Hall–Kier alpha value is -1.55. The van der Waals surface area contributed by atoms with E-state index in [1.54, 1.807) is 17.0 Å². The lowest BCUT2D eigenvalue weighted by Crippen LogP contribution is -2.32. The van der Waals surface area contributed by atoms with E-state index in [0.717, 1.165) is 5.69 Å². The summed E-state index contributed by atoms with van der Waals surface area (Å²) in [7, 11) is 0. The summed E-state index contributed by atoms with van der Waals surface area (Å²) in [6, 6.07) is 7.31. The fraction of sp³-hybridized carbons (Fsp3) is 0.556. The van der Waals surface area contributed by atoms with Gasteiger partial charge < -0.3 is 10.2 Å². The van der Waals surface area contributed by atoms with Crippen LogP contribution in [0, 0.1) is 11.8 Å². The molecule has 0 bridgehead atoms. The molecule has 2 aliphatic rings. The van der Waals surface area contributed by atoms with Crippen LogP contribution in [-0.2, 0) is 9.59 Å². The number of rotatable bonds is 5. The quantitative estimate of drug-likeness (QED) is 0.897. The van der Waals surface area contributed by atoms with Crippen LogP contribution in [0.3, 0.4) is 0 Å². The van der Waals surface area contributed by atoms with E-state index in [1.807, 2.05) is 12.1 Å². The smallest absolute Gasteiger partial charge is 0.227 e. The Kier molecular flexibility index (Phi) is 5.21. The van der Waals surface area contributed by atoms with Gasteiger partial charge in [-0.2, -0.15) is 0 Å². The van der Waals surface area contributed by atoms with Crippen molar-refractivity contribution in [3.63, 3.8) is 0 Å². The lowest BCUT2D eigenvalue weighted by Gasteiger charge is -2.17. The monoisotopic (exact) mass is 334 g/mol. The normalized spacial score (nSPS) is 21.9. The molecule has 1 atom stereocenters. The molecule has 1 heterocycles. The van der Waals surface area contributed by atoms with Crippen LogP contribution >= 0.6 is 11.6 Å². The Bertz CT molecular complexity index is 567. The predicted octanol–water partition coefficient (Wildman–Crippen LogP) is 3.39. The maximum Gasteiger partial charge on any atom is 0.227 e. The largest absolute Gasteiger partial charge is 0.356 e. The van der Waals surface area contributed by atoms with Gasteiger partial charge in [-0.15, -0.1) is 0 Å². The summed E-state index contributed by atoms with van der Waals surface area (Å²) in [4.78, 5) is 26.0. The van der Waals surface area contributed by atoms with Crippen molar-refractivity contribution in [3.8, 4) is 0 Å².